The van der Waals surface area contributed by atoms with Crippen LogP contribution in [-0.4, -0.2) is 20.4 Å². The maximum absolute atomic E-state index is 10.3. The summed E-state index contributed by atoms with van der Waals surface area (Å²) in [6.07, 6.45) is 2.42. The molecule has 0 spiro atoms. The summed E-state index contributed by atoms with van der Waals surface area (Å²) in [4.78, 5) is 12.5. The van der Waals surface area contributed by atoms with E-state index >= 15 is 0 Å². The van der Waals surface area contributed by atoms with Crippen LogP contribution in [0.3, 0.4) is 0 Å². The second kappa shape index (κ2) is 4.96. The fraction of sp³-hybridized carbons (Fsp3) is 0.462. The number of aldehydes is 1. The summed E-state index contributed by atoms with van der Waals surface area (Å²) < 4.78 is 0. The predicted octanol–water partition coefficient (Wildman–Crippen LogP) is 2.50. The molecule has 0 aromatic heterocycles. The van der Waals surface area contributed by atoms with Crippen molar-refractivity contribution in [3.05, 3.63) is 28.8 Å². The fourth-order valence-electron chi connectivity index (χ4n) is 1.75. The lowest BCUT2D eigenvalue weighted by Crippen LogP contribution is -2.11. The molecule has 15 heavy (non-hydrogen) atoms. The minimum atomic E-state index is 0.607. The van der Waals surface area contributed by atoms with Crippen molar-refractivity contribution in [3.63, 3.8) is 0 Å². The van der Waals surface area contributed by atoms with Gasteiger partial charge in [0.1, 0.15) is 6.29 Å². The zero-order chi connectivity index (χ0) is 11.4. The van der Waals surface area contributed by atoms with Crippen LogP contribution in [-0.2, 0) is 11.2 Å². The Morgan fingerprint density at radius 3 is 2.47 bits per heavy atom. The quantitative estimate of drug-likeness (QED) is 0.704. The lowest BCUT2D eigenvalue weighted by atomic mass is 10.0. The van der Waals surface area contributed by atoms with Gasteiger partial charge in [-0.1, -0.05) is 6.07 Å². The van der Waals surface area contributed by atoms with Gasteiger partial charge in [-0.2, -0.15) is 0 Å². The van der Waals surface area contributed by atoms with Gasteiger partial charge in [-0.15, -0.1) is 0 Å². The molecular weight excluding hydrogens is 186 g/mol. The number of carbonyl (C=O) groups excluding carboxylic acids is 1. The van der Waals surface area contributed by atoms with Gasteiger partial charge < -0.3 is 9.69 Å². The van der Waals surface area contributed by atoms with E-state index in [1.807, 2.05) is 14.1 Å². The van der Waals surface area contributed by atoms with Gasteiger partial charge in [-0.25, -0.2) is 0 Å². The molecule has 0 fully saturated rings. The molecule has 1 rings (SSSR count). The maximum atomic E-state index is 10.3. The van der Waals surface area contributed by atoms with Crippen LogP contribution in [0.1, 0.15) is 23.1 Å². The van der Waals surface area contributed by atoms with Crippen molar-refractivity contribution < 1.29 is 4.79 Å². The molecule has 0 amide bonds. The summed E-state index contributed by atoms with van der Waals surface area (Å²) in [6, 6.07) is 4.34. The zero-order valence-corrected chi connectivity index (χ0v) is 10.0. The van der Waals surface area contributed by atoms with Gasteiger partial charge in [0.05, 0.1) is 0 Å². The predicted molar refractivity (Wildman–Crippen MR) is 64.6 cm³/mol. The second-order valence-electron chi connectivity index (χ2n) is 4.16. The van der Waals surface area contributed by atoms with E-state index in [1.165, 1.54) is 22.4 Å². The third-order valence-corrected chi connectivity index (χ3v) is 2.73. The number of aryl methyl sites for hydroxylation is 2. The van der Waals surface area contributed by atoms with Crippen LogP contribution in [0.5, 0.6) is 0 Å². The Bertz CT molecular complexity index is 356. The summed E-state index contributed by atoms with van der Waals surface area (Å²) in [5, 5.41) is 0. The maximum Gasteiger partial charge on any atom is 0.120 e. The monoisotopic (exact) mass is 205 g/mol. The molecule has 0 aliphatic heterocycles. The molecule has 2 nitrogen and oxygen atoms in total. The van der Waals surface area contributed by atoms with Gasteiger partial charge in [0.25, 0.3) is 0 Å². The Kier molecular flexibility index (Phi) is 3.89. The smallest absolute Gasteiger partial charge is 0.120 e. The topological polar surface area (TPSA) is 20.3 Å². The largest absolute Gasteiger partial charge is 0.377 e. The van der Waals surface area contributed by atoms with E-state index in [0.717, 1.165) is 12.7 Å². The first-order chi connectivity index (χ1) is 7.06. The lowest BCUT2D eigenvalue weighted by Gasteiger charge is -2.18. The first-order valence-electron chi connectivity index (χ1n) is 5.27. The van der Waals surface area contributed by atoms with E-state index in [0.29, 0.717) is 6.42 Å². The van der Waals surface area contributed by atoms with Crippen molar-refractivity contribution >= 4 is 12.0 Å². The number of benzene rings is 1. The molecule has 0 saturated carbocycles. The van der Waals surface area contributed by atoms with Crippen LogP contribution in [0, 0.1) is 13.8 Å². The van der Waals surface area contributed by atoms with Gasteiger partial charge in [0, 0.05) is 26.2 Å². The van der Waals surface area contributed by atoms with Gasteiger partial charge in [0.2, 0.25) is 0 Å². The molecule has 0 radical (unpaired) electrons. The molecule has 0 unspecified atom stereocenters. The van der Waals surface area contributed by atoms with Gasteiger partial charge in [-0.3, -0.25) is 0 Å². The molecule has 0 atom stereocenters. The molecule has 0 bridgehead atoms. The van der Waals surface area contributed by atoms with Gasteiger partial charge in [0.15, 0.2) is 0 Å². The highest BCUT2D eigenvalue weighted by atomic mass is 16.1. The molecule has 0 heterocycles. The third kappa shape index (κ3) is 2.82. The number of carbonyl (C=O) groups is 1. The molecule has 0 N–H and O–H groups in total. The second-order valence-corrected chi connectivity index (χ2v) is 4.16. The zero-order valence-electron chi connectivity index (χ0n) is 10.0. The third-order valence-electron chi connectivity index (χ3n) is 2.73. The average Bonchev–Trinajstić information content (AvgIpc) is 2.19. The number of hydrogen-bond donors (Lipinski definition) is 0. The molecule has 82 valence electrons. The Morgan fingerprint density at radius 1 is 1.27 bits per heavy atom. The molecule has 2 heteroatoms. The lowest BCUT2D eigenvalue weighted by molar-refractivity contribution is -0.107. The molecule has 0 aliphatic carbocycles. The van der Waals surface area contributed by atoms with E-state index < -0.39 is 0 Å². The molecular formula is C13H19NO. The summed E-state index contributed by atoms with van der Waals surface area (Å²) in [7, 11) is 4.09. The highest BCUT2D eigenvalue weighted by Crippen LogP contribution is 2.23. The van der Waals surface area contributed by atoms with Crippen LogP contribution in [0.25, 0.3) is 0 Å². The van der Waals surface area contributed by atoms with E-state index in [9.17, 15) is 4.79 Å². The summed E-state index contributed by atoms with van der Waals surface area (Å²) >= 11 is 0. The Labute approximate surface area is 91.9 Å². The van der Waals surface area contributed by atoms with Crippen LogP contribution >= 0.6 is 0 Å². The van der Waals surface area contributed by atoms with Crippen LogP contribution in [0.4, 0.5) is 5.69 Å². The van der Waals surface area contributed by atoms with Crippen LogP contribution in [0.2, 0.25) is 0 Å². The number of anilines is 1. The Balaban J connectivity index is 3.05. The highest BCUT2D eigenvalue weighted by Gasteiger charge is 2.05. The Morgan fingerprint density at radius 2 is 1.93 bits per heavy atom. The Hall–Kier alpha value is -1.31. The first kappa shape index (κ1) is 11.8. The average molecular weight is 205 g/mol. The summed E-state index contributed by atoms with van der Waals surface area (Å²) in [5.74, 6) is 0. The number of hydrogen-bond acceptors (Lipinski definition) is 2. The first-order valence-corrected chi connectivity index (χ1v) is 5.27. The molecule has 1 aromatic rings. The van der Waals surface area contributed by atoms with Crippen molar-refractivity contribution in [3.8, 4) is 0 Å². The minimum Gasteiger partial charge on any atom is -0.377 e. The van der Waals surface area contributed by atoms with Crippen LogP contribution < -0.4 is 4.90 Å². The van der Waals surface area contributed by atoms with E-state index in [4.69, 9.17) is 0 Å². The highest BCUT2D eigenvalue weighted by molar-refractivity contribution is 5.58. The van der Waals surface area contributed by atoms with Gasteiger partial charge in [-0.05, 0) is 43.0 Å². The van der Waals surface area contributed by atoms with Crippen molar-refractivity contribution in [2.75, 3.05) is 19.0 Å². The minimum absolute atomic E-state index is 0.607. The SMILES string of the molecule is Cc1cc(CCC=O)cc(N(C)C)c1C. The number of nitrogens with zero attached hydrogens (tertiary/aromatic N) is 1. The number of rotatable bonds is 4. The standard InChI is InChI=1S/C13H19NO/c1-10-8-12(6-5-7-15)9-13(11(10)2)14(3)4/h7-9H,5-6H2,1-4H3. The van der Waals surface area contributed by atoms with E-state index in [1.54, 1.807) is 0 Å². The van der Waals surface area contributed by atoms with Crippen LogP contribution in [0.15, 0.2) is 12.1 Å². The van der Waals surface area contributed by atoms with Crippen molar-refractivity contribution in [2.45, 2.75) is 26.7 Å². The van der Waals surface area contributed by atoms with E-state index in [2.05, 4.69) is 30.9 Å². The van der Waals surface area contributed by atoms with E-state index in [-0.39, 0.29) is 0 Å². The van der Waals surface area contributed by atoms with Crippen molar-refractivity contribution in [1.82, 2.24) is 0 Å². The normalized spacial score (nSPS) is 10.1. The summed E-state index contributed by atoms with van der Waals surface area (Å²) in [5.41, 5.74) is 5.10. The molecule has 1 aromatic carbocycles. The molecule has 0 aliphatic rings. The summed E-state index contributed by atoms with van der Waals surface area (Å²) in [6.45, 7) is 4.25. The molecule has 0 saturated heterocycles. The van der Waals surface area contributed by atoms with Crippen molar-refractivity contribution in [1.29, 1.82) is 0 Å². The fourth-order valence-corrected chi connectivity index (χ4v) is 1.75. The van der Waals surface area contributed by atoms with Crippen molar-refractivity contribution in [2.24, 2.45) is 0 Å². The van der Waals surface area contributed by atoms with Gasteiger partial charge >= 0.3 is 0 Å².